The van der Waals surface area contributed by atoms with E-state index in [1.54, 1.807) is 19.9 Å². The molecule has 45 heavy (non-hydrogen) atoms. The minimum Gasteiger partial charge on any atom is -0.462 e. The monoisotopic (exact) mass is 628 g/mol. The smallest absolute Gasteiger partial charge is 0.334 e. The predicted molar refractivity (Wildman–Crippen MR) is 161 cm³/mol. The maximum absolute atomic E-state index is 13.7. The third-order valence-electron chi connectivity index (χ3n) is 12.4. The van der Waals surface area contributed by atoms with Gasteiger partial charge in [0.2, 0.25) is 0 Å². The van der Waals surface area contributed by atoms with Gasteiger partial charge in [-0.05, 0) is 51.7 Å². The molecule has 12 atom stereocenters. The quantitative estimate of drug-likeness (QED) is 0.198. The SMILES string of the molecule is C/C=C(\C)C(=O)O[C@@H]1[C@@H]2OC[C@]3(C)[C@H](OC(C)=O)C[C@H](O)[C@@](C)([C@@H]23)[C@H]2C[C@H](OCC)O[C@H]3C[C@H](C4=CCOC4=O)C(C)=C3[C@]12C. The summed E-state index contributed by atoms with van der Waals surface area (Å²) in [6.45, 7) is 16.2. The third kappa shape index (κ3) is 4.60. The van der Waals surface area contributed by atoms with E-state index in [0.717, 1.165) is 11.1 Å². The number of esters is 3. The highest BCUT2D eigenvalue weighted by Gasteiger charge is 2.77. The van der Waals surface area contributed by atoms with E-state index in [2.05, 4.69) is 20.8 Å². The predicted octanol–water partition coefficient (Wildman–Crippen LogP) is 4.20. The molecule has 10 heteroatoms. The number of allylic oxidation sites excluding steroid dienone is 2. The fraction of sp³-hybridized carbons (Fsp3) is 0.743. The number of hydrogen-bond acceptors (Lipinski definition) is 10. The highest BCUT2D eigenvalue weighted by atomic mass is 16.7. The van der Waals surface area contributed by atoms with Gasteiger partial charge in [0.1, 0.15) is 18.8 Å². The first-order valence-electron chi connectivity index (χ1n) is 16.4. The summed E-state index contributed by atoms with van der Waals surface area (Å²) in [6.07, 6.45) is 1.04. The molecule has 0 unspecified atom stereocenters. The Morgan fingerprint density at radius 1 is 1.13 bits per heavy atom. The fourth-order valence-electron chi connectivity index (χ4n) is 10.4. The molecular formula is C35H48O10. The Balaban J connectivity index is 1.58. The molecule has 248 valence electrons. The minimum absolute atomic E-state index is 0.226. The number of aliphatic hydroxyl groups is 1. The van der Waals surface area contributed by atoms with Crippen LogP contribution in [0.1, 0.15) is 74.7 Å². The van der Waals surface area contributed by atoms with Crippen LogP contribution in [0, 0.1) is 34.0 Å². The van der Waals surface area contributed by atoms with Crippen LogP contribution in [-0.2, 0) is 42.8 Å². The van der Waals surface area contributed by atoms with Crippen LogP contribution in [0.25, 0.3) is 0 Å². The van der Waals surface area contributed by atoms with E-state index in [4.69, 9.17) is 28.4 Å². The summed E-state index contributed by atoms with van der Waals surface area (Å²) in [5, 5.41) is 12.2. The molecular weight excluding hydrogens is 580 g/mol. The number of carbonyl (C=O) groups is 3. The lowest BCUT2D eigenvalue weighted by Gasteiger charge is -2.66. The van der Waals surface area contributed by atoms with Crippen molar-refractivity contribution in [1.29, 1.82) is 0 Å². The van der Waals surface area contributed by atoms with Crippen molar-refractivity contribution in [2.45, 2.75) is 111 Å². The molecule has 1 N–H and O–H groups in total. The molecule has 0 aromatic rings. The standard InChI is InChI=1S/C35H48O10/c1-9-17(3)31(38)45-30-28-29-33(6,16-42-28)25(43-19(5)36)15-24(37)34(29,7)23-14-26(40-10-2)44-22-13-21(20-11-12-41-32(20)39)18(4)27(22)35(23,30)8/h9,11,21-26,28-30,37H,10,12-16H2,1-8H3/b17-9+/t21-,22-,23+,24-,25+,26+,28+,29-,30+,33+,34-,35+/m0/s1. The second kappa shape index (κ2) is 11.3. The highest BCUT2D eigenvalue weighted by Crippen LogP contribution is 2.72. The summed E-state index contributed by atoms with van der Waals surface area (Å²) in [6, 6.07) is 0. The zero-order valence-electron chi connectivity index (χ0n) is 27.7. The molecule has 2 saturated heterocycles. The van der Waals surface area contributed by atoms with Gasteiger partial charge >= 0.3 is 17.9 Å². The van der Waals surface area contributed by atoms with Crippen LogP contribution in [-0.4, -0.2) is 79.6 Å². The summed E-state index contributed by atoms with van der Waals surface area (Å²) < 4.78 is 37.5. The Kier molecular flexibility index (Phi) is 8.15. The largest absolute Gasteiger partial charge is 0.462 e. The number of fused-ring (bicyclic) bond motifs is 4. The second-order valence-electron chi connectivity index (χ2n) is 14.5. The molecule has 6 aliphatic rings. The number of cyclic esters (lactones) is 1. The molecule has 0 bridgehead atoms. The van der Waals surface area contributed by atoms with Crippen molar-refractivity contribution in [3.63, 3.8) is 0 Å². The van der Waals surface area contributed by atoms with Gasteiger partial charge < -0.3 is 33.5 Å². The Bertz CT molecular complexity index is 1360. The first-order valence-corrected chi connectivity index (χ1v) is 16.4. The maximum Gasteiger partial charge on any atom is 0.334 e. The molecule has 10 nitrogen and oxygen atoms in total. The summed E-state index contributed by atoms with van der Waals surface area (Å²) in [5.74, 6) is -2.00. The second-order valence-corrected chi connectivity index (χ2v) is 14.5. The van der Waals surface area contributed by atoms with E-state index < -0.39 is 65.0 Å². The van der Waals surface area contributed by atoms with Crippen LogP contribution in [0.3, 0.4) is 0 Å². The van der Waals surface area contributed by atoms with Crippen molar-refractivity contribution in [2.24, 2.45) is 34.0 Å². The Morgan fingerprint density at radius 3 is 2.49 bits per heavy atom. The van der Waals surface area contributed by atoms with Gasteiger partial charge in [0.25, 0.3) is 0 Å². The number of ether oxygens (including phenoxy) is 6. The average molecular weight is 629 g/mol. The van der Waals surface area contributed by atoms with Gasteiger partial charge in [-0.3, -0.25) is 4.79 Å². The normalized spacial score (nSPS) is 45.6. The number of hydrogen-bond donors (Lipinski definition) is 1. The zero-order valence-corrected chi connectivity index (χ0v) is 27.7. The maximum atomic E-state index is 13.7. The van der Waals surface area contributed by atoms with Crippen LogP contribution in [0.5, 0.6) is 0 Å². The van der Waals surface area contributed by atoms with Gasteiger partial charge in [-0.1, -0.05) is 32.4 Å². The lowest BCUT2D eigenvalue weighted by atomic mass is 9.39. The molecule has 4 fully saturated rings. The molecule has 0 radical (unpaired) electrons. The van der Waals surface area contributed by atoms with E-state index in [1.165, 1.54) is 6.92 Å². The van der Waals surface area contributed by atoms with Crippen LogP contribution < -0.4 is 0 Å². The van der Waals surface area contributed by atoms with Crippen molar-refractivity contribution in [1.82, 2.24) is 0 Å². The van der Waals surface area contributed by atoms with Crippen LogP contribution in [0.2, 0.25) is 0 Å². The van der Waals surface area contributed by atoms with E-state index in [9.17, 15) is 19.5 Å². The lowest BCUT2D eigenvalue weighted by molar-refractivity contribution is -0.259. The molecule has 0 aromatic heterocycles. The van der Waals surface area contributed by atoms with Crippen LogP contribution in [0.4, 0.5) is 0 Å². The number of aliphatic hydroxyl groups excluding tert-OH is 1. The van der Waals surface area contributed by atoms with E-state index in [-0.39, 0.29) is 43.4 Å². The van der Waals surface area contributed by atoms with Gasteiger partial charge in [0, 0.05) is 65.6 Å². The molecule has 0 aromatic carbocycles. The first kappa shape index (κ1) is 32.4. The Hall–Kier alpha value is -2.53. The average Bonchev–Trinajstić information content (AvgIpc) is 3.64. The fourth-order valence-corrected chi connectivity index (χ4v) is 10.4. The summed E-state index contributed by atoms with van der Waals surface area (Å²) in [4.78, 5) is 38.7. The molecule has 3 aliphatic carbocycles. The zero-order chi connectivity index (χ0) is 32.6. The van der Waals surface area contributed by atoms with Crippen molar-refractivity contribution >= 4 is 17.9 Å². The number of rotatable bonds is 6. The van der Waals surface area contributed by atoms with Crippen molar-refractivity contribution in [2.75, 3.05) is 19.8 Å². The summed E-state index contributed by atoms with van der Waals surface area (Å²) >= 11 is 0. The van der Waals surface area contributed by atoms with E-state index in [1.807, 2.05) is 19.9 Å². The summed E-state index contributed by atoms with van der Waals surface area (Å²) in [5.41, 5.74) is 0.803. The van der Waals surface area contributed by atoms with Crippen molar-refractivity contribution in [3.8, 4) is 0 Å². The van der Waals surface area contributed by atoms with Crippen LogP contribution >= 0.6 is 0 Å². The van der Waals surface area contributed by atoms with E-state index >= 15 is 0 Å². The van der Waals surface area contributed by atoms with Crippen molar-refractivity contribution < 1.29 is 47.9 Å². The van der Waals surface area contributed by atoms with Gasteiger partial charge in [0.15, 0.2) is 6.29 Å². The molecule has 2 saturated carbocycles. The lowest BCUT2D eigenvalue weighted by Crippen LogP contribution is -2.72. The molecule has 6 rings (SSSR count). The molecule has 3 heterocycles. The third-order valence-corrected chi connectivity index (χ3v) is 12.4. The van der Waals surface area contributed by atoms with Gasteiger partial charge in [-0.25, -0.2) is 9.59 Å². The highest BCUT2D eigenvalue weighted by molar-refractivity contribution is 5.92. The molecule has 0 spiro atoms. The van der Waals surface area contributed by atoms with Gasteiger partial charge in [-0.2, -0.15) is 0 Å². The van der Waals surface area contributed by atoms with E-state index in [0.29, 0.717) is 30.6 Å². The summed E-state index contributed by atoms with van der Waals surface area (Å²) in [7, 11) is 0. The van der Waals surface area contributed by atoms with Crippen LogP contribution in [0.15, 0.2) is 34.4 Å². The number of carbonyl (C=O) groups excluding carboxylic acids is 3. The van der Waals surface area contributed by atoms with Gasteiger partial charge in [-0.15, -0.1) is 0 Å². The Labute approximate surface area is 265 Å². The molecule has 0 amide bonds. The topological polar surface area (TPSA) is 127 Å². The van der Waals surface area contributed by atoms with Crippen molar-refractivity contribution in [3.05, 3.63) is 34.4 Å². The first-order chi connectivity index (χ1) is 21.2. The minimum atomic E-state index is -0.863. The van der Waals surface area contributed by atoms with Gasteiger partial charge in [0.05, 0.1) is 24.9 Å². The molecule has 3 aliphatic heterocycles. The Morgan fingerprint density at radius 2 is 1.87 bits per heavy atom.